The molecule has 1 aliphatic heterocycles. The van der Waals surface area contributed by atoms with Gasteiger partial charge in [0, 0.05) is 19.8 Å². The monoisotopic (exact) mass is 296 g/mol. The molecule has 1 aliphatic carbocycles. The van der Waals surface area contributed by atoms with E-state index < -0.39 is 0 Å². The molecule has 1 atom stereocenters. The number of rotatable bonds is 8. The summed E-state index contributed by atoms with van der Waals surface area (Å²) in [6.07, 6.45) is 7.82. The van der Waals surface area contributed by atoms with Gasteiger partial charge in [-0.3, -0.25) is 10.1 Å². The molecule has 1 heterocycles. The van der Waals surface area contributed by atoms with Crippen molar-refractivity contribution in [3.63, 3.8) is 0 Å². The molecular formula is C17H32N2O2. The highest BCUT2D eigenvalue weighted by atomic mass is 16.5. The molecule has 122 valence electrons. The second-order valence-corrected chi connectivity index (χ2v) is 6.94. The topological polar surface area (TPSA) is 41.6 Å². The Hall–Kier alpha value is -0.610. The summed E-state index contributed by atoms with van der Waals surface area (Å²) in [5, 5.41) is 3.66. The van der Waals surface area contributed by atoms with Crippen LogP contribution in [-0.2, 0) is 9.53 Å². The van der Waals surface area contributed by atoms with Gasteiger partial charge in [0.05, 0.1) is 11.7 Å². The van der Waals surface area contributed by atoms with Crippen molar-refractivity contribution >= 4 is 5.91 Å². The minimum atomic E-state index is -0.238. The first-order chi connectivity index (χ1) is 10.1. The van der Waals surface area contributed by atoms with Gasteiger partial charge in [0.1, 0.15) is 0 Å². The van der Waals surface area contributed by atoms with Crippen molar-refractivity contribution in [2.24, 2.45) is 5.92 Å². The van der Waals surface area contributed by atoms with Crippen molar-refractivity contribution < 1.29 is 9.53 Å². The fourth-order valence-electron chi connectivity index (χ4n) is 3.61. The Labute approximate surface area is 129 Å². The number of carbonyl (C=O) groups excluding carboxylic acids is 1. The molecule has 4 heteroatoms. The van der Waals surface area contributed by atoms with Gasteiger partial charge in [-0.15, -0.1) is 0 Å². The van der Waals surface area contributed by atoms with Gasteiger partial charge in [0.2, 0.25) is 5.91 Å². The maximum absolute atomic E-state index is 12.8. The van der Waals surface area contributed by atoms with Crippen LogP contribution in [-0.4, -0.2) is 42.3 Å². The molecule has 1 saturated heterocycles. The molecule has 1 amide bonds. The lowest BCUT2D eigenvalue weighted by Gasteiger charge is -2.27. The predicted octanol–water partition coefficient (Wildman–Crippen LogP) is 2.92. The second-order valence-electron chi connectivity index (χ2n) is 6.94. The van der Waals surface area contributed by atoms with E-state index in [1.165, 1.54) is 19.3 Å². The maximum Gasteiger partial charge on any atom is 0.244 e. The van der Waals surface area contributed by atoms with Gasteiger partial charge in [-0.25, -0.2) is 0 Å². The maximum atomic E-state index is 12.8. The Morgan fingerprint density at radius 1 is 1.29 bits per heavy atom. The summed E-state index contributed by atoms with van der Waals surface area (Å²) in [5.74, 6) is 0.794. The molecule has 0 aromatic carbocycles. The molecule has 1 unspecified atom stereocenters. The van der Waals surface area contributed by atoms with Crippen LogP contribution in [0.25, 0.3) is 0 Å². The number of hydrogen-bond acceptors (Lipinski definition) is 3. The third-order valence-electron chi connectivity index (χ3n) is 4.85. The van der Waals surface area contributed by atoms with Gasteiger partial charge in [0.25, 0.3) is 0 Å². The van der Waals surface area contributed by atoms with E-state index in [0.717, 1.165) is 45.4 Å². The highest BCUT2D eigenvalue weighted by Gasteiger charge is 2.52. The Kier molecular flexibility index (Phi) is 6.06. The predicted molar refractivity (Wildman–Crippen MR) is 85.0 cm³/mol. The zero-order valence-electron chi connectivity index (χ0n) is 14.0. The minimum Gasteiger partial charge on any atom is -0.381 e. The molecule has 21 heavy (non-hydrogen) atoms. The summed E-state index contributed by atoms with van der Waals surface area (Å²) in [7, 11) is 0. The van der Waals surface area contributed by atoms with E-state index in [4.69, 9.17) is 4.74 Å². The van der Waals surface area contributed by atoms with Crippen LogP contribution in [0.1, 0.15) is 65.7 Å². The summed E-state index contributed by atoms with van der Waals surface area (Å²) in [5.41, 5.74) is -0.238. The van der Waals surface area contributed by atoms with Crippen LogP contribution < -0.4 is 5.32 Å². The number of ether oxygens (including phenoxy) is 1. The number of unbranched alkanes of at least 4 members (excludes halogenated alkanes) is 1. The normalized spacial score (nSPS) is 24.7. The Morgan fingerprint density at radius 2 is 1.95 bits per heavy atom. The van der Waals surface area contributed by atoms with Gasteiger partial charge in [0.15, 0.2) is 0 Å². The SMILES string of the molecule is CCCCOCCCN1C(=O)C2(CCCC2)NC1C(C)C. The molecule has 2 aliphatic rings. The Balaban J connectivity index is 1.85. The third kappa shape index (κ3) is 3.78. The molecule has 0 aromatic rings. The zero-order valence-corrected chi connectivity index (χ0v) is 14.0. The van der Waals surface area contributed by atoms with Crippen molar-refractivity contribution in [2.75, 3.05) is 19.8 Å². The molecule has 0 radical (unpaired) electrons. The van der Waals surface area contributed by atoms with Gasteiger partial charge in [-0.2, -0.15) is 0 Å². The van der Waals surface area contributed by atoms with E-state index in [-0.39, 0.29) is 11.7 Å². The van der Waals surface area contributed by atoms with Crippen LogP contribution in [0, 0.1) is 5.92 Å². The molecule has 0 aromatic heterocycles. The first-order valence-electron chi connectivity index (χ1n) is 8.77. The first-order valence-corrected chi connectivity index (χ1v) is 8.77. The van der Waals surface area contributed by atoms with Crippen molar-refractivity contribution in [1.29, 1.82) is 0 Å². The molecule has 1 saturated carbocycles. The average Bonchev–Trinajstić information content (AvgIpc) is 3.03. The first kappa shape index (κ1) is 16.8. The fourth-order valence-corrected chi connectivity index (χ4v) is 3.61. The van der Waals surface area contributed by atoms with Crippen LogP contribution in [0.4, 0.5) is 0 Å². The molecule has 1 spiro atoms. The minimum absolute atomic E-state index is 0.200. The largest absolute Gasteiger partial charge is 0.381 e. The number of nitrogens with zero attached hydrogens (tertiary/aromatic N) is 1. The molecule has 4 nitrogen and oxygen atoms in total. The van der Waals surface area contributed by atoms with E-state index in [9.17, 15) is 4.79 Å². The fraction of sp³-hybridized carbons (Fsp3) is 0.941. The summed E-state index contributed by atoms with van der Waals surface area (Å²) < 4.78 is 5.62. The Bertz CT molecular complexity index is 338. The lowest BCUT2D eigenvalue weighted by atomic mass is 9.98. The number of carbonyl (C=O) groups is 1. The Morgan fingerprint density at radius 3 is 2.57 bits per heavy atom. The smallest absolute Gasteiger partial charge is 0.244 e. The van der Waals surface area contributed by atoms with E-state index in [1.807, 2.05) is 0 Å². The van der Waals surface area contributed by atoms with Crippen molar-refractivity contribution in [3.8, 4) is 0 Å². The molecule has 1 N–H and O–H groups in total. The highest BCUT2D eigenvalue weighted by molar-refractivity contribution is 5.89. The number of nitrogens with one attached hydrogen (secondary N) is 1. The van der Waals surface area contributed by atoms with Crippen molar-refractivity contribution in [2.45, 2.75) is 77.4 Å². The summed E-state index contributed by atoms with van der Waals surface area (Å²) in [6.45, 7) is 9.00. The van der Waals surface area contributed by atoms with Gasteiger partial charge >= 0.3 is 0 Å². The quantitative estimate of drug-likeness (QED) is 0.700. The van der Waals surface area contributed by atoms with Crippen LogP contribution in [0.5, 0.6) is 0 Å². The van der Waals surface area contributed by atoms with Crippen LogP contribution >= 0.6 is 0 Å². The van der Waals surface area contributed by atoms with E-state index >= 15 is 0 Å². The third-order valence-corrected chi connectivity index (χ3v) is 4.85. The van der Waals surface area contributed by atoms with Gasteiger partial charge in [-0.1, -0.05) is 40.0 Å². The lowest BCUT2D eigenvalue weighted by molar-refractivity contribution is -0.133. The van der Waals surface area contributed by atoms with E-state index in [0.29, 0.717) is 11.8 Å². The number of hydrogen-bond donors (Lipinski definition) is 1. The van der Waals surface area contributed by atoms with Crippen LogP contribution in [0.15, 0.2) is 0 Å². The average molecular weight is 296 g/mol. The van der Waals surface area contributed by atoms with E-state index in [1.54, 1.807) is 0 Å². The number of amides is 1. The molecule has 0 bridgehead atoms. The standard InChI is InChI=1S/C17H32N2O2/c1-4-5-12-21-13-8-11-19-15(14(2)3)18-17(16(19)20)9-6-7-10-17/h14-15,18H,4-13H2,1-3H3. The van der Waals surface area contributed by atoms with Crippen molar-refractivity contribution in [1.82, 2.24) is 10.2 Å². The van der Waals surface area contributed by atoms with Gasteiger partial charge in [-0.05, 0) is 31.6 Å². The van der Waals surface area contributed by atoms with E-state index in [2.05, 4.69) is 31.0 Å². The second kappa shape index (κ2) is 7.59. The zero-order chi connectivity index (χ0) is 15.3. The lowest BCUT2D eigenvalue weighted by Crippen LogP contribution is -2.45. The summed E-state index contributed by atoms with van der Waals surface area (Å²) in [6, 6.07) is 0. The van der Waals surface area contributed by atoms with Crippen molar-refractivity contribution in [3.05, 3.63) is 0 Å². The summed E-state index contributed by atoms with van der Waals surface area (Å²) >= 11 is 0. The van der Waals surface area contributed by atoms with Crippen LogP contribution in [0.2, 0.25) is 0 Å². The molecule has 2 fully saturated rings. The summed E-state index contributed by atoms with van der Waals surface area (Å²) in [4.78, 5) is 14.9. The van der Waals surface area contributed by atoms with Crippen LogP contribution in [0.3, 0.4) is 0 Å². The molecular weight excluding hydrogens is 264 g/mol. The molecule has 2 rings (SSSR count). The van der Waals surface area contributed by atoms with Gasteiger partial charge < -0.3 is 9.64 Å². The highest BCUT2D eigenvalue weighted by Crippen LogP contribution is 2.37.